The molecule has 0 saturated carbocycles. The first-order valence-electron chi connectivity index (χ1n) is 17.5. The number of thioether (sulfide) groups is 1. The van der Waals surface area contributed by atoms with Crippen LogP contribution in [0.2, 0.25) is 22.2 Å². The van der Waals surface area contributed by atoms with Crippen LogP contribution in [0.15, 0.2) is 35.4 Å². The van der Waals surface area contributed by atoms with E-state index in [1.54, 1.807) is 30.4 Å². The van der Waals surface area contributed by atoms with Gasteiger partial charge in [0, 0.05) is 5.75 Å². The largest absolute Gasteiger partial charge is 0.497 e. The van der Waals surface area contributed by atoms with Crippen LogP contribution in [0.1, 0.15) is 80.5 Å². The number of carbonyl (C=O) groups excluding carboxylic acids is 1. The fourth-order valence-corrected chi connectivity index (χ4v) is 20.3. The van der Waals surface area contributed by atoms with Crippen LogP contribution < -0.4 is 16.0 Å². The average Bonchev–Trinajstić information content (AvgIpc) is 3.58. The number of aromatic amines is 1. The maximum absolute atomic E-state index is 13.8. The lowest BCUT2D eigenvalue weighted by Crippen LogP contribution is -2.67. The van der Waals surface area contributed by atoms with E-state index >= 15 is 0 Å². The summed E-state index contributed by atoms with van der Waals surface area (Å²) in [6, 6.07) is 7.82. The molecule has 2 fully saturated rings. The predicted molar refractivity (Wildman–Crippen MR) is 199 cm³/mol. The van der Waals surface area contributed by atoms with E-state index in [4.69, 9.17) is 32.9 Å². The number of H-pyrrole nitrogens is 1. The van der Waals surface area contributed by atoms with Crippen LogP contribution in [0.3, 0.4) is 0 Å². The molecule has 0 unspecified atom stereocenters. The SMILES string of the molecule is CCOC(=O)C[C@@]1(SCc2ccc(OC)cc2)[C@@H]2O[Si](C(C)C)(C(C)C)O[Si](C(C)C)(C(C)C)OC[C@H]2O[C@H]1n1cnc2c(=O)[nH]c(N)nc21. The third-order valence-corrected chi connectivity index (χ3v) is 21.8. The van der Waals surface area contributed by atoms with Gasteiger partial charge in [0.05, 0.1) is 43.9 Å². The van der Waals surface area contributed by atoms with Gasteiger partial charge in [-0.25, -0.2) is 4.98 Å². The van der Waals surface area contributed by atoms with Gasteiger partial charge in [-0.1, -0.05) is 67.5 Å². The van der Waals surface area contributed by atoms with Crippen molar-refractivity contribution in [1.82, 2.24) is 19.5 Å². The Morgan fingerprint density at radius 3 is 2.30 bits per heavy atom. The quantitative estimate of drug-likeness (QED) is 0.160. The van der Waals surface area contributed by atoms with Crippen molar-refractivity contribution in [3.05, 3.63) is 46.5 Å². The molecule has 0 spiro atoms. The topological polar surface area (TPSA) is 162 Å². The number of rotatable bonds is 12. The van der Waals surface area contributed by atoms with Crippen molar-refractivity contribution in [2.75, 3.05) is 26.1 Å². The summed E-state index contributed by atoms with van der Waals surface area (Å²) in [4.78, 5) is 38.2. The third kappa shape index (κ3) is 6.91. The Labute approximate surface area is 300 Å². The first-order valence-corrected chi connectivity index (χ1v) is 22.4. The minimum atomic E-state index is -3.17. The average molecular weight is 748 g/mol. The number of nitrogen functional groups attached to an aromatic ring is 1. The summed E-state index contributed by atoms with van der Waals surface area (Å²) in [5.74, 6) is 0.778. The van der Waals surface area contributed by atoms with E-state index in [2.05, 4.69) is 70.3 Å². The maximum atomic E-state index is 13.8. The zero-order chi connectivity index (χ0) is 36.6. The molecule has 0 bridgehead atoms. The molecule has 3 N–H and O–H groups in total. The summed E-state index contributed by atoms with van der Waals surface area (Å²) in [6.45, 7) is 19.5. The molecule has 2 aliphatic rings. The van der Waals surface area contributed by atoms with Gasteiger partial charge in [0.15, 0.2) is 17.4 Å². The summed E-state index contributed by atoms with van der Waals surface area (Å²) in [7, 11) is -4.45. The Morgan fingerprint density at radius 2 is 1.72 bits per heavy atom. The minimum absolute atomic E-state index is 0.0363. The highest BCUT2D eigenvalue weighted by Crippen LogP contribution is 2.57. The zero-order valence-corrected chi connectivity index (χ0v) is 33.7. The van der Waals surface area contributed by atoms with Crippen molar-refractivity contribution in [2.45, 2.75) is 120 Å². The van der Waals surface area contributed by atoms with Crippen LogP contribution >= 0.6 is 11.8 Å². The minimum Gasteiger partial charge on any atom is -0.497 e. The number of nitrogens with one attached hydrogen (secondary N) is 1. The van der Waals surface area contributed by atoms with Crippen molar-refractivity contribution in [1.29, 1.82) is 0 Å². The molecule has 50 heavy (non-hydrogen) atoms. The van der Waals surface area contributed by atoms with Gasteiger partial charge in [0.1, 0.15) is 11.9 Å². The molecule has 4 heterocycles. The van der Waals surface area contributed by atoms with Crippen LogP contribution in [0.5, 0.6) is 5.75 Å². The van der Waals surface area contributed by atoms with Crippen molar-refractivity contribution >= 4 is 52.0 Å². The first-order chi connectivity index (χ1) is 23.6. The van der Waals surface area contributed by atoms with Gasteiger partial charge < -0.3 is 32.9 Å². The van der Waals surface area contributed by atoms with Gasteiger partial charge in [-0.05, 0) is 46.8 Å². The van der Waals surface area contributed by atoms with E-state index in [-0.39, 0.29) is 58.9 Å². The van der Waals surface area contributed by atoms with Crippen LogP contribution in [-0.4, -0.2) is 79.9 Å². The number of nitrogens with zero attached hydrogens (tertiary/aromatic N) is 3. The van der Waals surface area contributed by atoms with E-state index in [0.717, 1.165) is 11.3 Å². The second-order valence-electron chi connectivity index (χ2n) is 14.4. The Kier molecular flexibility index (Phi) is 11.6. The van der Waals surface area contributed by atoms with E-state index in [9.17, 15) is 9.59 Å². The van der Waals surface area contributed by atoms with Crippen molar-refractivity contribution in [3.63, 3.8) is 0 Å². The number of ether oxygens (including phenoxy) is 3. The molecule has 5 rings (SSSR count). The summed E-state index contributed by atoms with van der Waals surface area (Å²) in [5, 5.41) is 0. The van der Waals surface area contributed by atoms with E-state index in [0.29, 0.717) is 5.75 Å². The molecule has 2 aromatic heterocycles. The van der Waals surface area contributed by atoms with Gasteiger partial charge in [0.25, 0.3) is 5.56 Å². The van der Waals surface area contributed by atoms with Crippen LogP contribution in [-0.2, 0) is 33.0 Å². The van der Waals surface area contributed by atoms with E-state index < -0.39 is 51.8 Å². The highest BCUT2D eigenvalue weighted by molar-refractivity contribution is 8.00. The molecule has 0 amide bonds. The summed E-state index contributed by atoms with van der Waals surface area (Å²) in [5.41, 5.74) is 7.28. The number of benzene rings is 1. The molecule has 13 nitrogen and oxygen atoms in total. The molecule has 1 aromatic carbocycles. The fourth-order valence-electron chi connectivity index (χ4n) is 7.42. The molecule has 16 heteroatoms. The number of nitrogens with two attached hydrogens (primary N) is 1. The van der Waals surface area contributed by atoms with Gasteiger partial charge in [-0.2, -0.15) is 4.98 Å². The second-order valence-corrected chi connectivity index (χ2v) is 24.6. The third-order valence-electron chi connectivity index (χ3n) is 9.96. The predicted octanol–water partition coefficient (Wildman–Crippen LogP) is 6.19. The molecule has 4 atom stereocenters. The lowest BCUT2D eigenvalue weighted by Gasteiger charge is -2.52. The van der Waals surface area contributed by atoms with Gasteiger partial charge >= 0.3 is 23.1 Å². The van der Waals surface area contributed by atoms with Crippen molar-refractivity contribution in [3.8, 4) is 5.75 Å². The fraction of sp³-hybridized carbons (Fsp3) is 0.647. The first kappa shape index (κ1) is 38.5. The Balaban J connectivity index is 1.76. The van der Waals surface area contributed by atoms with Gasteiger partial charge in [0.2, 0.25) is 5.95 Å². The molecular weight excluding hydrogens is 695 g/mol. The molecule has 3 aromatic rings. The van der Waals surface area contributed by atoms with Crippen LogP contribution in [0.4, 0.5) is 5.95 Å². The molecule has 0 radical (unpaired) electrons. The number of methoxy groups -OCH3 is 1. The van der Waals surface area contributed by atoms with Gasteiger partial charge in [-0.3, -0.25) is 19.1 Å². The molecule has 2 aliphatic heterocycles. The standard InChI is InChI=1S/C34H53N5O8SSi2/c1-11-43-27(40)16-34(48-18-24-12-14-25(42-10)15-13-24)29-26(45-32(34)39-19-36-28-30(39)37-33(35)38-31(28)41)17-44-49(20(2)3,21(4)5)47-50(46-29,22(6)7)23(8)9/h12-15,19-23,26,29,32H,11,16-18H2,1-10H3,(H3,35,37,38,41)/t26-,29-,32-,34-/m1/s1. The summed E-state index contributed by atoms with van der Waals surface area (Å²) < 4.78 is 41.0. The highest BCUT2D eigenvalue weighted by atomic mass is 32.2. The molecule has 2 saturated heterocycles. The van der Waals surface area contributed by atoms with Crippen LogP contribution in [0, 0.1) is 0 Å². The Hall–Kier alpha value is -2.74. The smallest absolute Gasteiger partial charge is 0.335 e. The number of hydrogen-bond donors (Lipinski definition) is 2. The lowest BCUT2D eigenvalue weighted by molar-refractivity contribution is -0.145. The highest BCUT2D eigenvalue weighted by Gasteiger charge is 2.67. The molecule has 276 valence electrons. The summed E-state index contributed by atoms with van der Waals surface area (Å²) >= 11 is 1.55. The van der Waals surface area contributed by atoms with E-state index in [1.807, 2.05) is 24.3 Å². The maximum Gasteiger partial charge on any atom is 0.335 e. The number of hydrogen-bond acceptors (Lipinski definition) is 12. The summed E-state index contributed by atoms with van der Waals surface area (Å²) in [6.07, 6.45) is -0.709. The lowest BCUT2D eigenvalue weighted by atomic mass is 9.94. The number of fused-ring (bicyclic) bond motifs is 2. The van der Waals surface area contributed by atoms with Crippen LogP contribution in [0.25, 0.3) is 11.2 Å². The normalized spacial score (nSPS) is 24.9. The van der Waals surface area contributed by atoms with Gasteiger partial charge in [-0.15, -0.1) is 11.8 Å². The number of carbonyl (C=O) groups is 1. The number of esters is 1. The van der Waals surface area contributed by atoms with Crippen molar-refractivity contribution in [2.24, 2.45) is 0 Å². The molecule has 0 aliphatic carbocycles. The Morgan fingerprint density at radius 1 is 1.08 bits per heavy atom. The zero-order valence-electron chi connectivity index (χ0n) is 30.8. The Bertz CT molecular complexity index is 1680. The number of anilines is 1. The monoisotopic (exact) mass is 747 g/mol. The second kappa shape index (κ2) is 15.1. The van der Waals surface area contributed by atoms with Crippen molar-refractivity contribution < 1.29 is 32.0 Å². The number of aromatic nitrogens is 4. The van der Waals surface area contributed by atoms with E-state index in [1.165, 1.54) is 6.33 Å². The molecular formula is C34H53N5O8SSi2. The number of imidazole rings is 1.